The molecule has 0 fully saturated rings. The summed E-state index contributed by atoms with van der Waals surface area (Å²) in [6, 6.07) is 8.52. The lowest BCUT2D eigenvalue weighted by Crippen LogP contribution is -2.46. The molecule has 24 heavy (non-hydrogen) atoms. The Morgan fingerprint density at radius 1 is 1.17 bits per heavy atom. The second kappa shape index (κ2) is 7.77. The van der Waals surface area contributed by atoms with Crippen LogP contribution >= 0.6 is 0 Å². The van der Waals surface area contributed by atoms with Crippen LogP contribution < -0.4 is 5.32 Å². The number of nitrogens with one attached hydrogen (secondary N) is 1. The number of rotatable bonds is 6. The van der Waals surface area contributed by atoms with Gasteiger partial charge in [0.25, 0.3) is 5.91 Å². The number of carbonyl (C=O) groups is 2. The summed E-state index contributed by atoms with van der Waals surface area (Å²) in [4.78, 5) is 26.2. The summed E-state index contributed by atoms with van der Waals surface area (Å²) < 4.78 is 1.80. The van der Waals surface area contributed by atoms with E-state index in [4.69, 9.17) is 0 Å². The molecule has 6 heteroatoms. The zero-order valence-corrected chi connectivity index (χ0v) is 14.6. The molecule has 2 rings (SSSR count). The fourth-order valence-electron chi connectivity index (χ4n) is 2.54. The summed E-state index contributed by atoms with van der Waals surface area (Å²) in [5.74, 6) is -0.330. The summed E-state index contributed by atoms with van der Waals surface area (Å²) >= 11 is 0. The molecule has 128 valence electrons. The number of hydrogen-bond acceptors (Lipinski definition) is 3. The number of carbonyl (C=O) groups excluding carboxylic acids is 2. The molecule has 1 N–H and O–H groups in total. The molecular formula is C18H24N4O2. The first kappa shape index (κ1) is 17.7. The van der Waals surface area contributed by atoms with Crippen molar-refractivity contribution in [2.24, 2.45) is 0 Å². The summed E-state index contributed by atoms with van der Waals surface area (Å²) in [7, 11) is 0. The lowest BCUT2D eigenvalue weighted by molar-refractivity contribution is -0.132. The van der Waals surface area contributed by atoms with E-state index in [-0.39, 0.29) is 11.8 Å². The number of aryl methyl sites for hydroxylation is 1. The van der Waals surface area contributed by atoms with Crippen molar-refractivity contribution in [3.63, 3.8) is 0 Å². The minimum absolute atomic E-state index is 0.0721. The highest BCUT2D eigenvalue weighted by Crippen LogP contribution is 2.11. The Morgan fingerprint density at radius 3 is 2.29 bits per heavy atom. The van der Waals surface area contributed by atoms with Crippen molar-refractivity contribution in [2.45, 2.75) is 33.7 Å². The molecule has 0 spiro atoms. The Morgan fingerprint density at radius 2 is 1.79 bits per heavy atom. The first-order valence-electron chi connectivity index (χ1n) is 8.18. The van der Waals surface area contributed by atoms with Gasteiger partial charge >= 0.3 is 0 Å². The van der Waals surface area contributed by atoms with Crippen LogP contribution in [-0.4, -0.2) is 45.6 Å². The summed E-state index contributed by atoms with van der Waals surface area (Å²) in [5.41, 5.74) is 2.43. The van der Waals surface area contributed by atoms with Crippen LogP contribution in [0.1, 0.15) is 36.8 Å². The molecule has 1 atom stereocenters. The molecular weight excluding hydrogens is 304 g/mol. The molecule has 2 amide bonds. The average Bonchev–Trinajstić information content (AvgIpc) is 3.02. The molecule has 0 bridgehead atoms. The SMILES string of the molecule is CCN(CC)C(=O)C(C)NC(=O)c1ccc(-n2nccc2C)cc1. The third-order valence-corrected chi connectivity index (χ3v) is 4.00. The lowest BCUT2D eigenvalue weighted by atomic mass is 10.1. The fraction of sp³-hybridized carbons (Fsp3) is 0.389. The molecule has 1 aromatic heterocycles. The highest BCUT2D eigenvalue weighted by molar-refractivity contribution is 5.97. The van der Waals surface area contributed by atoms with Gasteiger partial charge in [-0.1, -0.05) is 0 Å². The number of likely N-dealkylation sites (N-methyl/N-ethyl adjacent to an activating group) is 1. The number of hydrogen-bond donors (Lipinski definition) is 1. The van der Waals surface area contributed by atoms with Gasteiger partial charge < -0.3 is 10.2 Å². The maximum atomic E-state index is 12.3. The monoisotopic (exact) mass is 328 g/mol. The van der Waals surface area contributed by atoms with Gasteiger partial charge in [-0.15, -0.1) is 0 Å². The van der Waals surface area contributed by atoms with Crippen LogP contribution in [-0.2, 0) is 4.79 Å². The van der Waals surface area contributed by atoms with Crippen LogP contribution in [0.3, 0.4) is 0 Å². The van der Waals surface area contributed by atoms with E-state index < -0.39 is 6.04 Å². The Hall–Kier alpha value is -2.63. The van der Waals surface area contributed by atoms with E-state index >= 15 is 0 Å². The molecule has 0 saturated heterocycles. The minimum atomic E-state index is -0.551. The van der Waals surface area contributed by atoms with Gasteiger partial charge in [-0.25, -0.2) is 4.68 Å². The van der Waals surface area contributed by atoms with Gasteiger partial charge in [0.15, 0.2) is 0 Å². The highest BCUT2D eigenvalue weighted by Gasteiger charge is 2.20. The van der Waals surface area contributed by atoms with Crippen LogP contribution in [0.2, 0.25) is 0 Å². The van der Waals surface area contributed by atoms with Crippen molar-refractivity contribution in [3.8, 4) is 5.69 Å². The second-order valence-electron chi connectivity index (χ2n) is 5.64. The molecule has 0 radical (unpaired) electrons. The Labute approximate surface area is 142 Å². The quantitative estimate of drug-likeness (QED) is 0.884. The maximum Gasteiger partial charge on any atom is 0.251 e. The molecule has 6 nitrogen and oxygen atoms in total. The standard InChI is InChI=1S/C18H24N4O2/c1-5-21(6-2)18(24)14(4)20-17(23)15-7-9-16(10-8-15)22-13(3)11-12-19-22/h7-12,14H,5-6H2,1-4H3,(H,20,23). The number of aromatic nitrogens is 2. The van der Waals surface area contributed by atoms with Gasteiger partial charge in [0.2, 0.25) is 5.91 Å². The molecule has 0 saturated carbocycles. The van der Waals surface area contributed by atoms with E-state index in [2.05, 4.69) is 10.4 Å². The van der Waals surface area contributed by atoms with Crippen LogP contribution in [0.4, 0.5) is 0 Å². The molecule has 1 aromatic carbocycles. The normalized spacial score (nSPS) is 11.8. The number of benzene rings is 1. The predicted octanol–water partition coefficient (Wildman–Crippen LogP) is 2.17. The Balaban J connectivity index is 2.05. The van der Waals surface area contributed by atoms with Gasteiger partial charge in [-0.05, 0) is 58.0 Å². The number of amides is 2. The van der Waals surface area contributed by atoms with Crippen molar-refractivity contribution in [1.29, 1.82) is 0 Å². The second-order valence-corrected chi connectivity index (χ2v) is 5.64. The molecule has 0 aliphatic carbocycles. The smallest absolute Gasteiger partial charge is 0.251 e. The van der Waals surface area contributed by atoms with E-state index in [1.807, 2.05) is 39.0 Å². The molecule has 2 aromatic rings. The van der Waals surface area contributed by atoms with Crippen LogP contribution in [0.15, 0.2) is 36.5 Å². The zero-order chi connectivity index (χ0) is 17.7. The Kier molecular flexibility index (Phi) is 5.73. The first-order valence-corrected chi connectivity index (χ1v) is 8.18. The predicted molar refractivity (Wildman–Crippen MR) is 93.2 cm³/mol. The van der Waals surface area contributed by atoms with Crippen molar-refractivity contribution in [2.75, 3.05) is 13.1 Å². The minimum Gasteiger partial charge on any atom is -0.341 e. The zero-order valence-electron chi connectivity index (χ0n) is 14.6. The molecule has 0 aliphatic rings. The van der Waals surface area contributed by atoms with Gasteiger partial charge in [0.05, 0.1) is 5.69 Å². The van der Waals surface area contributed by atoms with E-state index in [1.165, 1.54) is 0 Å². The van der Waals surface area contributed by atoms with E-state index in [9.17, 15) is 9.59 Å². The van der Waals surface area contributed by atoms with Gasteiger partial charge in [0, 0.05) is 30.5 Å². The third-order valence-electron chi connectivity index (χ3n) is 4.00. The van der Waals surface area contributed by atoms with Crippen molar-refractivity contribution in [3.05, 3.63) is 47.8 Å². The third kappa shape index (κ3) is 3.82. The Bertz CT molecular complexity index is 702. The van der Waals surface area contributed by atoms with E-state index in [0.717, 1.165) is 11.4 Å². The van der Waals surface area contributed by atoms with Crippen LogP contribution in [0.5, 0.6) is 0 Å². The summed E-state index contributed by atoms with van der Waals surface area (Å²) in [6.07, 6.45) is 1.73. The highest BCUT2D eigenvalue weighted by atomic mass is 16.2. The first-order chi connectivity index (χ1) is 11.5. The van der Waals surface area contributed by atoms with Gasteiger partial charge in [-0.2, -0.15) is 5.10 Å². The van der Waals surface area contributed by atoms with Gasteiger partial charge in [-0.3, -0.25) is 9.59 Å². The summed E-state index contributed by atoms with van der Waals surface area (Å²) in [6.45, 7) is 8.78. The largest absolute Gasteiger partial charge is 0.341 e. The molecule has 1 heterocycles. The average molecular weight is 328 g/mol. The van der Waals surface area contributed by atoms with Gasteiger partial charge in [0.1, 0.15) is 6.04 Å². The van der Waals surface area contributed by atoms with E-state index in [0.29, 0.717) is 18.7 Å². The maximum absolute atomic E-state index is 12.3. The van der Waals surface area contributed by atoms with Crippen molar-refractivity contribution >= 4 is 11.8 Å². The summed E-state index contributed by atoms with van der Waals surface area (Å²) in [5, 5.41) is 6.99. The fourth-order valence-corrected chi connectivity index (χ4v) is 2.54. The molecule has 0 aliphatic heterocycles. The van der Waals surface area contributed by atoms with Crippen molar-refractivity contribution in [1.82, 2.24) is 20.0 Å². The van der Waals surface area contributed by atoms with Crippen molar-refractivity contribution < 1.29 is 9.59 Å². The van der Waals surface area contributed by atoms with E-state index in [1.54, 1.807) is 34.8 Å². The molecule has 1 unspecified atom stereocenters. The van der Waals surface area contributed by atoms with Crippen LogP contribution in [0.25, 0.3) is 5.69 Å². The van der Waals surface area contributed by atoms with Crippen LogP contribution in [0, 0.1) is 6.92 Å². The lowest BCUT2D eigenvalue weighted by Gasteiger charge is -2.23. The number of nitrogens with zero attached hydrogens (tertiary/aromatic N) is 3. The topological polar surface area (TPSA) is 67.2 Å².